The molecule has 2 heteroatoms. The predicted octanol–water partition coefficient (Wildman–Crippen LogP) is 3.62. The van der Waals surface area contributed by atoms with E-state index in [9.17, 15) is 4.79 Å². The summed E-state index contributed by atoms with van der Waals surface area (Å²) in [6, 6.07) is 10.1. The van der Waals surface area contributed by atoms with Crippen LogP contribution in [0.25, 0.3) is 6.08 Å². The number of rotatable bonds is 4. The molecule has 0 saturated heterocycles. The fourth-order valence-electron chi connectivity index (χ4n) is 0.944. The Morgan fingerprint density at radius 3 is 2.35 bits per heavy atom. The molecule has 0 spiro atoms. The van der Waals surface area contributed by atoms with Crippen molar-refractivity contribution in [3.8, 4) is 0 Å². The van der Waals surface area contributed by atoms with E-state index in [4.69, 9.17) is 0 Å². The molecule has 0 aromatic heterocycles. The first-order valence-corrected chi connectivity index (χ1v) is 5.38. The SMILES string of the molecule is C=CC(=O)OCC.C=CC=Cc1ccccc1. The number of carbonyl (C=O) groups is 1. The molecule has 0 bridgehead atoms. The standard InChI is InChI=1S/C10H10.C5H8O2/c1-2-3-7-10-8-5-4-6-9-10;1-3-5(6)7-4-2/h2-9H,1H2;3H,1,4H2,2H3. The molecule has 1 aromatic carbocycles. The summed E-state index contributed by atoms with van der Waals surface area (Å²) in [5.41, 5.74) is 1.21. The van der Waals surface area contributed by atoms with Crippen LogP contribution >= 0.6 is 0 Å². The third kappa shape index (κ3) is 8.88. The summed E-state index contributed by atoms with van der Waals surface area (Å²) in [5.74, 6) is -0.359. The molecule has 0 radical (unpaired) electrons. The molecule has 0 aliphatic rings. The van der Waals surface area contributed by atoms with Gasteiger partial charge in [-0.05, 0) is 12.5 Å². The van der Waals surface area contributed by atoms with Gasteiger partial charge in [-0.15, -0.1) is 0 Å². The average Bonchev–Trinajstić information content (AvgIpc) is 2.38. The zero-order chi connectivity index (χ0) is 12.9. The van der Waals surface area contributed by atoms with Crippen LogP contribution in [0.3, 0.4) is 0 Å². The lowest BCUT2D eigenvalue weighted by Crippen LogP contribution is -1.97. The lowest BCUT2D eigenvalue weighted by molar-refractivity contribution is -0.137. The molecular formula is C15H18O2. The molecule has 0 aliphatic heterocycles. The second kappa shape index (κ2) is 10.4. The smallest absolute Gasteiger partial charge is 0.330 e. The maximum atomic E-state index is 10.1. The van der Waals surface area contributed by atoms with Crippen LogP contribution in [0.1, 0.15) is 12.5 Å². The van der Waals surface area contributed by atoms with Gasteiger partial charge in [-0.3, -0.25) is 0 Å². The van der Waals surface area contributed by atoms with Gasteiger partial charge < -0.3 is 4.74 Å². The molecule has 0 unspecified atom stereocenters. The summed E-state index contributed by atoms with van der Waals surface area (Å²) in [6.45, 7) is 8.97. The highest BCUT2D eigenvalue weighted by molar-refractivity contribution is 5.81. The molecule has 1 rings (SSSR count). The maximum Gasteiger partial charge on any atom is 0.330 e. The lowest BCUT2D eigenvalue weighted by atomic mass is 10.2. The van der Waals surface area contributed by atoms with Crippen LogP contribution in [-0.4, -0.2) is 12.6 Å². The van der Waals surface area contributed by atoms with Gasteiger partial charge in [0.05, 0.1) is 6.61 Å². The van der Waals surface area contributed by atoms with Gasteiger partial charge in [0.2, 0.25) is 0 Å². The van der Waals surface area contributed by atoms with E-state index in [1.54, 1.807) is 13.0 Å². The Labute approximate surface area is 103 Å². The molecule has 1 aromatic rings. The summed E-state index contributed by atoms with van der Waals surface area (Å²) in [5, 5.41) is 0. The summed E-state index contributed by atoms with van der Waals surface area (Å²) < 4.78 is 4.43. The van der Waals surface area contributed by atoms with E-state index in [0.717, 1.165) is 6.08 Å². The van der Waals surface area contributed by atoms with Crippen molar-refractivity contribution in [2.45, 2.75) is 6.92 Å². The van der Waals surface area contributed by atoms with Crippen molar-refractivity contribution in [2.24, 2.45) is 0 Å². The van der Waals surface area contributed by atoms with Crippen LogP contribution in [-0.2, 0) is 9.53 Å². The summed E-state index contributed by atoms with van der Waals surface area (Å²) >= 11 is 0. The first-order chi connectivity index (χ1) is 8.24. The fourth-order valence-corrected chi connectivity index (χ4v) is 0.944. The Kier molecular flexibility index (Phi) is 9.15. The van der Waals surface area contributed by atoms with E-state index in [2.05, 4.69) is 30.0 Å². The summed E-state index contributed by atoms with van der Waals surface area (Å²) in [4.78, 5) is 10.1. The van der Waals surface area contributed by atoms with Crippen molar-refractivity contribution in [1.82, 2.24) is 0 Å². The van der Waals surface area contributed by atoms with Gasteiger partial charge >= 0.3 is 5.97 Å². The largest absolute Gasteiger partial charge is 0.463 e. The molecule has 0 saturated carbocycles. The zero-order valence-electron chi connectivity index (χ0n) is 10.1. The first kappa shape index (κ1) is 14.9. The highest BCUT2D eigenvalue weighted by atomic mass is 16.5. The number of carbonyl (C=O) groups excluding carboxylic acids is 1. The Morgan fingerprint density at radius 1 is 1.29 bits per heavy atom. The highest BCUT2D eigenvalue weighted by Crippen LogP contribution is 1.99. The van der Waals surface area contributed by atoms with Crippen molar-refractivity contribution in [3.05, 3.63) is 67.3 Å². The van der Waals surface area contributed by atoms with Crippen molar-refractivity contribution in [3.63, 3.8) is 0 Å². The Hall–Kier alpha value is -2.09. The van der Waals surface area contributed by atoms with Gasteiger partial charge in [-0.25, -0.2) is 4.79 Å². The van der Waals surface area contributed by atoms with Gasteiger partial charge in [0.15, 0.2) is 0 Å². The Balaban J connectivity index is 0.000000325. The van der Waals surface area contributed by atoms with Crippen molar-refractivity contribution >= 4 is 12.0 Å². The third-order valence-corrected chi connectivity index (χ3v) is 1.68. The molecule has 0 fully saturated rings. The summed E-state index contributed by atoms with van der Waals surface area (Å²) in [6.07, 6.45) is 6.86. The van der Waals surface area contributed by atoms with Crippen molar-refractivity contribution in [2.75, 3.05) is 6.61 Å². The number of allylic oxidation sites excluding steroid dienone is 2. The monoisotopic (exact) mass is 230 g/mol. The third-order valence-electron chi connectivity index (χ3n) is 1.68. The minimum atomic E-state index is -0.359. The summed E-state index contributed by atoms with van der Waals surface area (Å²) in [7, 11) is 0. The number of esters is 1. The van der Waals surface area contributed by atoms with Crippen LogP contribution in [0.4, 0.5) is 0 Å². The maximum absolute atomic E-state index is 10.1. The van der Waals surface area contributed by atoms with E-state index >= 15 is 0 Å². The van der Waals surface area contributed by atoms with E-state index in [1.165, 1.54) is 5.56 Å². The number of ether oxygens (including phenoxy) is 1. The number of hydrogen-bond acceptors (Lipinski definition) is 2. The van der Waals surface area contributed by atoms with Crippen LogP contribution in [0.5, 0.6) is 0 Å². The Morgan fingerprint density at radius 2 is 1.94 bits per heavy atom. The molecular weight excluding hydrogens is 212 g/mol. The van der Waals surface area contributed by atoms with E-state index in [1.807, 2.05) is 30.4 Å². The normalized spacial score (nSPS) is 9.00. The topological polar surface area (TPSA) is 26.3 Å². The lowest BCUT2D eigenvalue weighted by Gasteiger charge is -1.90. The van der Waals surface area contributed by atoms with Crippen LogP contribution in [0.2, 0.25) is 0 Å². The minimum absolute atomic E-state index is 0.359. The van der Waals surface area contributed by atoms with Crippen LogP contribution in [0.15, 0.2) is 61.7 Å². The van der Waals surface area contributed by atoms with Gasteiger partial charge in [-0.1, -0.05) is 61.7 Å². The Bertz CT molecular complexity index is 364. The predicted molar refractivity (Wildman–Crippen MR) is 72.5 cm³/mol. The van der Waals surface area contributed by atoms with Gasteiger partial charge in [-0.2, -0.15) is 0 Å². The molecule has 0 heterocycles. The van der Waals surface area contributed by atoms with E-state index in [0.29, 0.717) is 6.61 Å². The first-order valence-electron chi connectivity index (χ1n) is 5.38. The van der Waals surface area contributed by atoms with E-state index in [-0.39, 0.29) is 5.97 Å². The minimum Gasteiger partial charge on any atom is -0.463 e. The van der Waals surface area contributed by atoms with Crippen LogP contribution in [0, 0.1) is 0 Å². The molecule has 0 N–H and O–H groups in total. The van der Waals surface area contributed by atoms with Gasteiger partial charge in [0.25, 0.3) is 0 Å². The molecule has 2 nitrogen and oxygen atoms in total. The quantitative estimate of drug-likeness (QED) is 0.448. The molecule has 0 atom stereocenters. The zero-order valence-corrected chi connectivity index (χ0v) is 10.1. The second-order valence-electron chi connectivity index (χ2n) is 2.96. The highest BCUT2D eigenvalue weighted by Gasteiger charge is 1.86. The van der Waals surface area contributed by atoms with Crippen molar-refractivity contribution in [1.29, 1.82) is 0 Å². The molecule has 0 aliphatic carbocycles. The molecule has 0 amide bonds. The van der Waals surface area contributed by atoms with Crippen molar-refractivity contribution < 1.29 is 9.53 Å². The number of benzene rings is 1. The number of hydrogen-bond donors (Lipinski definition) is 0. The van der Waals surface area contributed by atoms with Gasteiger partial charge in [0, 0.05) is 6.08 Å². The fraction of sp³-hybridized carbons (Fsp3) is 0.133. The molecule has 17 heavy (non-hydrogen) atoms. The van der Waals surface area contributed by atoms with E-state index < -0.39 is 0 Å². The van der Waals surface area contributed by atoms with Crippen LogP contribution < -0.4 is 0 Å². The second-order valence-corrected chi connectivity index (χ2v) is 2.96. The average molecular weight is 230 g/mol. The van der Waals surface area contributed by atoms with Gasteiger partial charge in [0.1, 0.15) is 0 Å². The molecule has 90 valence electrons.